The Morgan fingerprint density at radius 1 is 1.29 bits per heavy atom. The van der Waals surface area contributed by atoms with E-state index in [2.05, 4.69) is 25.4 Å². The number of aromatic nitrogens is 4. The molecule has 0 aliphatic carbocycles. The molecule has 7 heteroatoms. The molecule has 6 nitrogen and oxygen atoms in total. The molecular formula is C10H12ClN5O. The Hall–Kier alpha value is -1.69. The number of nitrogens with zero attached hydrogens (tertiary/aromatic N) is 4. The molecule has 1 N–H and O–H groups in total. The van der Waals surface area contributed by atoms with Gasteiger partial charge >= 0.3 is 0 Å². The first-order chi connectivity index (χ1) is 8.16. The third-order valence-corrected chi connectivity index (χ3v) is 2.57. The highest BCUT2D eigenvalue weighted by Gasteiger charge is 2.07. The second kappa shape index (κ2) is 5.09. The minimum Gasteiger partial charge on any atom is -0.367 e. The normalized spacial score (nSPS) is 10.5. The molecule has 0 atom stereocenters. The van der Waals surface area contributed by atoms with Crippen LogP contribution in [-0.2, 0) is 6.42 Å². The largest absolute Gasteiger partial charge is 0.367 e. The Kier molecular flexibility index (Phi) is 3.53. The predicted octanol–water partition coefficient (Wildman–Crippen LogP) is 1.78. The molecule has 0 aromatic carbocycles. The van der Waals surface area contributed by atoms with Crippen LogP contribution in [0.2, 0.25) is 5.15 Å². The summed E-state index contributed by atoms with van der Waals surface area (Å²) in [5.41, 5.74) is 1.69. The number of halogens is 1. The van der Waals surface area contributed by atoms with E-state index in [-0.39, 0.29) is 0 Å². The van der Waals surface area contributed by atoms with Gasteiger partial charge in [0.15, 0.2) is 17.3 Å². The van der Waals surface area contributed by atoms with Crippen molar-refractivity contribution in [3.63, 3.8) is 0 Å². The summed E-state index contributed by atoms with van der Waals surface area (Å²) < 4.78 is 4.87. The van der Waals surface area contributed by atoms with Crippen LogP contribution in [0.3, 0.4) is 0 Å². The van der Waals surface area contributed by atoms with Crippen molar-refractivity contribution >= 4 is 17.4 Å². The summed E-state index contributed by atoms with van der Waals surface area (Å²) in [7, 11) is 0. The highest BCUT2D eigenvalue weighted by atomic mass is 35.5. The van der Waals surface area contributed by atoms with E-state index in [4.69, 9.17) is 16.1 Å². The number of aryl methyl sites for hydroxylation is 2. The first-order valence-electron chi connectivity index (χ1n) is 5.17. The lowest BCUT2D eigenvalue weighted by Crippen LogP contribution is -2.09. The lowest BCUT2D eigenvalue weighted by atomic mass is 10.3. The predicted molar refractivity (Wildman–Crippen MR) is 63.0 cm³/mol. The maximum atomic E-state index is 5.97. The van der Waals surface area contributed by atoms with Crippen LogP contribution in [0.1, 0.15) is 17.3 Å². The molecule has 17 heavy (non-hydrogen) atoms. The lowest BCUT2D eigenvalue weighted by molar-refractivity contribution is 0.379. The first-order valence-corrected chi connectivity index (χ1v) is 5.55. The molecule has 0 saturated heterocycles. The SMILES string of the molecule is Cc1nc(Cl)c(NCCc2ncno2)nc1C. The zero-order chi connectivity index (χ0) is 12.3. The van der Waals surface area contributed by atoms with Crippen LogP contribution in [-0.4, -0.2) is 26.7 Å². The van der Waals surface area contributed by atoms with Crippen LogP contribution >= 0.6 is 11.6 Å². The van der Waals surface area contributed by atoms with Gasteiger partial charge in [0.05, 0.1) is 11.4 Å². The minimum absolute atomic E-state index is 0.374. The van der Waals surface area contributed by atoms with Crippen LogP contribution in [0.4, 0.5) is 5.82 Å². The van der Waals surface area contributed by atoms with Crippen LogP contribution in [0.15, 0.2) is 10.9 Å². The van der Waals surface area contributed by atoms with Gasteiger partial charge in [-0.25, -0.2) is 9.97 Å². The number of nitrogens with one attached hydrogen (secondary N) is 1. The van der Waals surface area contributed by atoms with E-state index in [0.717, 1.165) is 11.4 Å². The van der Waals surface area contributed by atoms with E-state index >= 15 is 0 Å². The minimum atomic E-state index is 0.374. The Morgan fingerprint density at radius 3 is 2.76 bits per heavy atom. The molecule has 0 amide bonds. The summed E-state index contributed by atoms with van der Waals surface area (Å²) in [6, 6.07) is 0. The van der Waals surface area contributed by atoms with Crippen molar-refractivity contribution in [2.24, 2.45) is 0 Å². The molecule has 0 saturated carbocycles. The van der Waals surface area contributed by atoms with Gasteiger partial charge in [-0.15, -0.1) is 0 Å². The fraction of sp³-hybridized carbons (Fsp3) is 0.400. The molecule has 2 aromatic heterocycles. The van der Waals surface area contributed by atoms with Crippen molar-refractivity contribution in [3.05, 3.63) is 28.8 Å². The summed E-state index contributed by atoms with van der Waals surface area (Å²) in [5.74, 6) is 1.15. The number of hydrogen-bond acceptors (Lipinski definition) is 6. The van der Waals surface area contributed by atoms with E-state index in [1.165, 1.54) is 6.33 Å². The van der Waals surface area contributed by atoms with Crippen molar-refractivity contribution in [2.75, 3.05) is 11.9 Å². The Morgan fingerprint density at radius 2 is 2.06 bits per heavy atom. The lowest BCUT2D eigenvalue weighted by Gasteiger charge is -2.07. The van der Waals surface area contributed by atoms with Gasteiger partial charge in [0.25, 0.3) is 0 Å². The molecule has 0 unspecified atom stereocenters. The fourth-order valence-electron chi connectivity index (χ4n) is 1.28. The third-order valence-electron chi connectivity index (χ3n) is 2.30. The van der Waals surface area contributed by atoms with Crippen LogP contribution < -0.4 is 5.32 Å². The van der Waals surface area contributed by atoms with Gasteiger partial charge in [0, 0.05) is 13.0 Å². The molecule has 0 aliphatic heterocycles. The smallest absolute Gasteiger partial charge is 0.228 e. The molecule has 2 aromatic rings. The molecular weight excluding hydrogens is 242 g/mol. The van der Waals surface area contributed by atoms with Gasteiger partial charge in [-0.05, 0) is 13.8 Å². The average molecular weight is 254 g/mol. The molecule has 0 aliphatic rings. The maximum Gasteiger partial charge on any atom is 0.228 e. The Labute approximate surface area is 103 Å². The molecule has 0 radical (unpaired) electrons. The summed E-state index contributed by atoms with van der Waals surface area (Å²) in [6.45, 7) is 4.37. The Balaban J connectivity index is 1.97. The van der Waals surface area contributed by atoms with E-state index in [1.54, 1.807) is 0 Å². The van der Waals surface area contributed by atoms with Crippen molar-refractivity contribution in [3.8, 4) is 0 Å². The zero-order valence-corrected chi connectivity index (χ0v) is 10.3. The fourth-order valence-corrected chi connectivity index (χ4v) is 1.52. The number of hydrogen-bond donors (Lipinski definition) is 1. The van der Waals surface area contributed by atoms with Gasteiger partial charge in [0.2, 0.25) is 5.89 Å². The summed E-state index contributed by atoms with van der Waals surface area (Å²) in [6.07, 6.45) is 1.99. The third kappa shape index (κ3) is 2.91. The van der Waals surface area contributed by atoms with Crippen molar-refractivity contribution in [1.29, 1.82) is 0 Å². The summed E-state index contributed by atoms with van der Waals surface area (Å²) >= 11 is 5.97. The molecule has 0 fully saturated rings. The van der Waals surface area contributed by atoms with Crippen molar-refractivity contribution < 1.29 is 4.52 Å². The van der Waals surface area contributed by atoms with E-state index < -0.39 is 0 Å². The number of anilines is 1. The quantitative estimate of drug-likeness (QED) is 0.895. The maximum absolute atomic E-state index is 5.97. The van der Waals surface area contributed by atoms with Crippen molar-refractivity contribution in [1.82, 2.24) is 20.1 Å². The monoisotopic (exact) mass is 253 g/mol. The topological polar surface area (TPSA) is 76.7 Å². The first kappa shape index (κ1) is 11.8. The highest BCUT2D eigenvalue weighted by molar-refractivity contribution is 6.31. The second-order valence-corrected chi connectivity index (χ2v) is 3.90. The molecule has 90 valence electrons. The summed E-state index contributed by atoms with van der Waals surface area (Å²) in [4.78, 5) is 12.4. The number of rotatable bonds is 4. The molecule has 2 heterocycles. The zero-order valence-electron chi connectivity index (χ0n) is 9.57. The van der Waals surface area contributed by atoms with E-state index in [9.17, 15) is 0 Å². The van der Waals surface area contributed by atoms with Gasteiger partial charge in [0.1, 0.15) is 0 Å². The van der Waals surface area contributed by atoms with Gasteiger partial charge in [-0.1, -0.05) is 16.8 Å². The second-order valence-electron chi connectivity index (χ2n) is 3.55. The van der Waals surface area contributed by atoms with Crippen LogP contribution in [0, 0.1) is 13.8 Å². The molecule has 0 bridgehead atoms. The van der Waals surface area contributed by atoms with Gasteiger partial charge < -0.3 is 9.84 Å². The van der Waals surface area contributed by atoms with Crippen LogP contribution in [0.5, 0.6) is 0 Å². The Bertz CT molecular complexity index is 500. The van der Waals surface area contributed by atoms with Gasteiger partial charge in [-0.3, -0.25) is 0 Å². The highest BCUT2D eigenvalue weighted by Crippen LogP contribution is 2.18. The molecule has 0 spiro atoms. The van der Waals surface area contributed by atoms with Crippen LogP contribution in [0.25, 0.3) is 0 Å². The van der Waals surface area contributed by atoms with Crippen molar-refractivity contribution in [2.45, 2.75) is 20.3 Å². The van der Waals surface area contributed by atoms with Gasteiger partial charge in [-0.2, -0.15) is 4.98 Å². The average Bonchev–Trinajstić information content (AvgIpc) is 2.78. The molecule has 2 rings (SSSR count). The standard InChI is InChI=1S/C10H12ClN5O/c1-6-7(2)16-10(9(11)15-6)12-4-3-8-13-5-14-17-8/h5H,3-4H2,1-2H3,(H,12,16). The summed E-state index contributed by atoms with van der Waals surface area (Å²) in [5, 5.41) is 6.98. The van der Waals surface area contributed by atoms with E-state index in [0.29, 0.717) is 29.8 Å². The van der Waals surface area contributed by atoms with E-state index in [1.807, 2.05) is 13.8 Å².